The third kappa shape index (κ3) is 2.45. The normalized spacial score (nSPS) is 10.8. The Labute approximate surface area is 129 Å². The summed E-state index contributed by atoms with van der Waals surface area (Å²) in [6.07, 6.45) is 0. The number of anilines is 1. The number of halogens is 1. The van der Waals surface area contributed by atoms with Crippen molar-refractivity contribution in [1.82, 2.24) is 14.6 Å². The second-order valence-corrected chi connectivity index (χ2v) is 5.50. The molecule has 2 aromatic heterocycles. The lowest BCUT2D eigenvalue weighted by Gasteiger charge is -2.07. The fourth-order valence-electron chi connectivity index (χ4n) is 1.99. The third-order valence-corrected chi connectivity index (χ3v) is 3.91. The van der Waals surface area contributed by atoms with Crippen LogP contribution in [-0.2, 0) is 0 Å². The number of hydrogen-bond donors (Lipinski definition) is 1. The molecular formula is C13H11ClN4O2S. The van der Waals surface area contributed by atoms with E-state index in [9.17, 15) is 4.79 Å². The lowest BCUT2D eigenvalue weighted by atomic mass is 10.2. The summed E-state index contributed by atoms with van der Waals surface area (Å²) in [5.74, 6) is 0.268. The van der Waals surface area contributed by atoms with E-state index in [0.29, 0.717) is 32.8 Å². The number of hydrogen-bond acceptors (Lipinski definition) is 5. The molecule has 0 spiro atoms. The van der Waals surface area contributed by atoms with Gasteiger partial charge in [-0.1, -0.05) is 22.9 Å². The molecule has 108 valence electrons. The van der Waals surface area contributed by atoms with E-state index in [1.807, 2.05) is 0 Å². The molecule has 0 fully saturated rings. The number of aromatic nitrogens is 3. The van der Waals surface area contributed by atoms with Gasteiger partial charge in [0.15, 0.2) is 5.69 Å². The van der Waals surface area contributed by atoms with Crippen molar-refractivity contribution in [3.63, 3.8) is 0 Å². The smallest absolute Gasteiger partial charge is 0.276 e. The van der Waals surface area contributed by atoms with Gasteiger partial charge < -0.3 is 10.1 Å². The van der Waals surface area contributed by atoms with Crippen LogP contribution >= 0.6 is 22.9 Å². The second kappa shape index (κ2) is 5.34. The van der Waals surface area contributed by atoms with E-state index in [4.69, 9.17) is 16.3 Å². The van der Waals surface area contributed by atoms with Crippen LogP contribution in [-0.4, -0.2) is 27.6 Å². The highest BCUT2D eigenvalue weighted by Crippen LogP contribution is 2.27. The molecule has 0 aliphatic heterocycles. The van der Waals surface area contributed by atoms with Gasteiger partial charge in [-0.3, -0.25) is 4.79 Å². The van der Waals surface area contributed by atoms with E-state index < -0.39 is 0 Å². The minimum absolute atomic E-state index is 0.285. The van der Waals surface area contributed by atoms with E-state index in [1.54, 1.807) is 30.6 Å². The summed E-state index contributed by atoms with van der Waals surface area (Å²) in [5.41, 5.74) is 3.27. The van der Waals surface area contributed by atoms with Crippen LogP contribution in [0.15, 0.2) is 23.7 Å². The van der Waals surface area contributed by atoms with Crippen molar-refractivity contribution < 1.29 is 9.53 Å². The zero-order valence-corrected chi connectivity index (χ0v) is 12.8. The first kappa shape index (κ1) is 13.8. The molecule has 21 heavy (non-hydrogen) atoms. The van der Waals surface area contributed by atoms with Gasteiger partial charge in [-0.2, -0.15) is 9.61 Å². The first-order valence-electron chi connectivity index (χ1n) is 6.04. The van der Waals surface area contributed by atoms with Crippen molar-refractivity contribution >= 4 is 39.5 Å². The quantitative estimate of drug-likeness (QED) is 0.804. The fraction of sp³-hybridized carbons (Fsp3) is 0.154. The Balaban J connectivity index is 1.91. The molecule has 0 atom stereocenters. The Morgan fingerprint density at radius 3 is 3.00 bits per heavy atom. The number of aryl methyl sites for hydroxylation is 1. The molecule has 0 aliphatic rings. The predicted octanol–water partition coefficient (Wildman–Crippen LogP) is 3.01. The van der Waals surface area contributed by atoms with Crippen molar-refractivity contribution in [2.24, 2.45) is 0 Å². The second-order valence-electron chi connectivity index (χ2n) is 4.28. The molecule has 1 aromatic carbocycles. The van der Waals surface area contributed by atoms with Gasteiger partial charge in [0.05, 0.1) is 17.8 Å². The van der Waals surface area contributed by atoms with Crippen molar-refractivity contribution in [2.45, 2.75) is 6.92 Å². The lowest BCUT2D eigenvalue weighted by Crippen LogP contribution is -2.16. The van der Waals surface area contributed by atoms with Crippen LogP contribution in [0.3, 0.4) is 0 Å². The first-order valence-corrected chi connectivity index (χ1v) is 7.29. The molecule has 8 heteroatoms. The van der Waals surface area contributed by atoms with Gasteiger partial charge in [0, 0.05) is 5.69 Å². The van der Waals surface area contributed by atoms with Gasteiger partial charge >= 0.3 is 0 Å². The minimum atomic E-state index is -0.285. The Morgan fingerprint density at radius 1 is 1.48 bits per heavy atom. The molecule has 0 saturated heterocycles. The number of nitrogens with one attached hydrogen (secondary N) is 1. The van der Waals surface area contributed by atoms with Gasteiger partial charge in [0.2, 0.25) is 4.96 Å². The molecule has 3 rings (SSSR count). The molecule has 0 bridgehead atoms. The van der Waals surface area contributed by atoms with Gasteiger partial charge in [-0.05, 0) is 25.1 Å². The number of benzene rings is 1. The molecule has 6 nitrogen and oxygen atoms in total. The number of carbonyl (C=O) groups is 1. The number of imidazole rings is 1. The topological polar surface area (TPSA) is 68.5 Å². The lowest BCUT2D eigenvalue weighted by molar-refractivity contribution is 0.102. The summed E-state index contributed by atoms with van der Waals surface area (Å²) in [5, 5.41) is 7.33. The molecule has 3 aromatic rings. The number of methoxy groups -OCH3 is 1. The van der Waals surface area contributed by atoms with E-state index in [2.05, 4.69) is 15.4 Å². The maximum absolute atomic E-state index is 12.4. The monoisotopic (exact) mass is 322 g/mol. The van der Waals surface area contributed by atoms with E-state index >= 15 is 0 Å². The Hall–Kier alpha value is -2.12. The van der Waals surface area contributed by atoms with E-state index in [-0.39, 0.29) is 5.91 Å². The summed E-state index contributed by atoms with van der Waals surface area (Å²) >= 11 is 7.42. The summed E-state index contributed by atoms with van der Waals surface area (Å²) in [6.45, 7) is 1.78. The van der Waals surface area contributed by atoms with Crippen molar-refractivity contribution in [3.05, 3.63) is 40.1 Å². The van der Waals surface area contributed by atoms with Crippen LogP contribution in [0.4, 0.5) is 5.69 Å². The summed E-state index contributed by atoms with van der Waals surface area (Å²) in [4.78, 5) is 17.4. The van der Waals surface area contributed by atoms with E-state index in [1.165, 1.54) is 23.0 Å². The van der Waals surface area contributed by atoms with Crippen molar-refractivity contribution in [2.75, 3.05) is 12.4 Å². The fourth-order valence-corrected chi connectivity index (χ4v) is 2.91. The van der Waals surface area contributed by atoms with Crippen molar-refractivity contribution in [3.8, 4) is 5.75 Å². The molecule has 1 N–H and O–H groups in total. The van der Waals surface area contributed by atoms with Gasteiger partial charge in [-0.25, -0.2) is 4.98 Å². The number of amides is 1. The molecule has 0 aliphatic carbocycles. The molecule has 0 saturated carbocycles. The number of nitrogens with zero attached hydrogens (tertiary/aromatic N) is 3. The highest BCUT2D eigenvalue weighted by molar-refractivity contribution is 7.14. The number of carbonyl (C=O) groups excluding carboxylic acids is 1. The summed E-state index contributed by atoms with van der Waals surface area (Å²) in [7, 11) is 1.54. The molecule has 0 radical (unpaired) electrons. The number of rotatable bonds is 3. The number of ether oxygens (including phenoxy) is 1. The predicted molar refractivity (Wildman–Crippen MR) is 81.6 cm³/mol. The first-order chi connectivity index (χ1) is 10.1. The maximum Gasteiger partial charge on any atom is 0.276 e. The Bertz CT molecular complexity index is 827. The minimum Gasteiger partial charge on any atom is -0.495 e. The molecule has 2 heterocycles. The number of fused-ring (bicyclic) bond motifs is 1. The standard InChI is InChI=1S/C13H11ClN4O2S/c1-7-11(18-13(16-7)21-6-15-18)12(19)17-8-3-4-10(20-2)9(14)5-8/h3-6H,1-2H3,(H,17,19). The summed E-state index contributed by atoms with van der Waals surface area (Å²) < 4.78 is 6.60. The van der Waals surface area contributed by atoms with Gasteiger partial charge in [0.25, 0.3) is 5.91 Å². The van der Waals surface area contributed by atoms with Crippen LogP contribution in [0.2, 0.25) is 5.02 Å². The molecule has 1 amide bonds. The SMILES string of the molecule is COc1ccc(NC(=O)c2c(C)nc3scnn23)cc1Cl. The van der Waals surface area contributed by atoms with E-state index in [0.717, 1.165) is 0 Å². The zero-order chi connectivity index (χ0) is 15.0. The van der Waals surface area contributed by atoms with Crippen LogP contribution in [0.5, 0.6) is 5.75 Å². The van der Waals surface area contributed by atoms with Crippen LogP contribution < -0.4 is 10.1 Å². The average molecular weight is 323 g/mol. The highest BCUT2D eigenvalue weighted by Gasteiger charge is 2.18. The third-order valence-electron chi connectivity index (χ3n) is 2.94. The summed E-state index contributed by atoms with van der Waals surface area (Å²) in [6, 6.07) is 5.05. The molecular weight excluding hydrogens is 312 g/mol. The Morgan fingerprint density at radius 2 is 2.29 bits per heavy atom. The maximum atomic E-state index is 12.4. The average Bonchev–Trinajstić information content (AvgIpc) is 2.98. The van der Waals surface area contributed by atoms with Crippen LogP contribution in [0.1, 0.15) is 16.2 Å². The largest absolute Gasteiger partial charge is 0.495 e. The highest BCUT2D eigenvalue weighted by atomic mass is 35.5. The van der Waals surface area contributed by atoms with Crippen LogP contribution in [0, 0.1) is 6.92 Å². The van der Waals surface area contributed by atoms with Gasteiger partial charge in [-0.15, -0.1) is 0 Å². The van der Waals surface area contributed by atoms with Crippen LogP contribution in [0.25, 0.3) is 4.96 Å². The Kier molecular flexibility index (Phi) is 3.52. The van der Waals surface area contributed by atoms with Gasteiger partial charge in [0.1, 0.15) is 11.3 Å². The van der Waals surface area contributed by atoms with Crippen molar-refractivity contribution in [1.29, 1.82) is 0 Å². The molecule has 0 unspecified atom stereocenters. The zero-order valence-electron chi connectivity index (χ0n) is 11.3.